The van der Waals surface area contributed by atoms with Crippen LogP contribution in [0.5, 0.6) is 0 Å². The molecule has 3 rings (SSSR count). The zero-order valence-corrected chi connectivity index (χ0v) is 13.4. The Kier molecular flexibility index (Phi) is 4.66. The van der Waals surface area contributed by atoms with Crippen LogP contribution in [0.25, 0.3) is 11.4 Å². The van der Waals surface area contributed by atoms with E-state index in [-0.39, 0.29) is 18.7 Å². The van der Waals surface area contributed by atoms with Crippen molar-refractivity contribution >= 4 is 11.5 Å². The first-order valence-corrected chi connectivity index (χ1v) is 7.57. The molecule has 2 heterocycles. The molecule has 25 heavy (non-hydrogen) atoms. The maximum Gasteiger partial charge on any atom is 0.270 e. The number of rotatable bonds is 6. The van der Waals surface area contributed by atoms with Gasteiger partial charge in [-0.25, -0.2) is 13.8 Å². The number of anilines is 2. The summed E-state index contributed by atoms with van der Waals surface area (Å²) in [6.07, 6.45) is 1.60. The van der Waals surface area contributed by atoms with Gasteiger partial charge >= 0.3 is 0 Å². The highest BCUT2D eigenvalue weighted by atomic mass is 19.3. The Morgan fingerprint density at radius 2 is 1.96 bits per heavy atom. The molecule has 0 spiro atoms. The number of tetrazole rings is 1. The lowest BCUT2D eigenvalue weighted by molar-refractivity contribution is 0.0175. The van der Waals surface area contributed by atoms with Crippen molar-refractivity contribution in [1.29, 1.82) is 0 Å². The second-order valence-corrected chi connectivity index (χ2v) is 5.42. The van der Waals surface area contributed by atoms with E-state index in [0.29, 0.717) is 22.9 Å². The van der Waals surface area contributed by atoms with E-state index in [1.807, 2.05) is 0 Å². The summed E-state index contributed by atoms with van der Waals surface area (Å²) >= 11 is 0. The molecule has 0 aliphatic rings. The maximum atomic E-state index is 13.3. The quantitative estimate of drug-likeness (QED) is 0.713. The van der Waals surface area contributed by atoms with E-state index < -0.39 is 5.92 Å². The number of hydrogen-bond donors (Lipinski definition) is 2. The van der Waals surface area contributed by atoms with E-state index in [0.717, 1.165) is 6.92 Å². The van der Waals surface area contributed by atoms with Crippen molar-refractivity contribution < 1.29 is 13.9 Å². The summed E-state index contributed by atoms with van der Waals surface area (Å²) in [6.45, 7) is 0.999. The topological polar surface area (TPSA) is 88.8 Å². The van der Waals surface area contributed by atoms with Crippen LogP contribution in [0.15, 0.2) is 42.6 Å². The van der Waals surface area contributed by atoms with Gasteiger partial charge in [-0.05, 0) is 29.5 Å². The van der Waals surface area contributed by atoms with Crippen molar-refractivity contribution in [2.45, 2.75) is 19.4 Å². The van der Waals surface area contributed by atoms with E-state index in [1.54, 1.807) is 30.5 Å². The fraction of sp³-hybridized carbons (Fsp3) is 0.250. The van der Waals surface area contributed by atoms with Gasteiger partial charge in [-0.15, -0.1) is 10.2 Å². The van der Waals surface area contributed by atoms with Crippen LogP contribution in [0.2, 0.25) is 0 Å². The lowest BCUT2D eigenvalue weighted by Gasteiger charge is -2.12. The van der Waals surface area contributed by atoms with Crippen LogP contribution in [0.4, 0.5) is 20.3 Å². The molecule has 0 radical (unpaired) electrons. The van der Waals surface area contributed by atoms with Gasteiger partial charge in [0.25, 0.3) is 5.92 Å². The van der Waals surface area contributed by atoms with Gasteiger partial charge < -0.3 is 10.4 Å². The smallest absolute Gasteiger partial charge is 0.270 e. The Labute approximate surface area is 142 Å². The van der Waals surface area contributed by atoms with Gasteiger partial charge in [-0.3, -0.25) is 0 Å². The average Bonchev–Trinajstić information content (AvgIpc) is 3.04. The first-order chi connectivity index (χ1) is 12.0. The van der Waals surface area contributed by atoms with Gasteiger partial charge in [-0.2, -0.15) is 4.80 Å². The first-order valence-electron chi connectivity index (χ1n) is 7.57. The number of aliphatic hydroxyl groups excluding tert-OH is 1. The zero-order valence-electron chi connectivity index (χ0n) is 13.4. The standard InChI is InChI=1S/C16H16F2N6O/c1-16(17,18)11-4-6-12(7-5-11)20-14-13(3-2-8-19-14)15-21-23-24(22-15)9-10-25/h2-8,25H,9-10H2,1H3,(H,19,20). The molecule has 0 unspecified atom stereocenters. The van der Waals surface area contributed by atoms with Gasteiger partial charge in [-0.1, -0.05) is 12.1 Å². The molecular formula is C16H16F2N6O. The number of halogens is 2. The third kappa shape index (κ3) is 3.94. The molecule has 0 amide bonds. The van der Waals surface area contributed by atoms with Crippen molar-refractivity contribution in [3.63, 3.8) is 0 Å². The SMILES string of the molecule is CC(F)(F)c1ccc(Nc2ncccc2-c2nnn(CCO)n2)cc1. The Morgan fingerprint density at radius 3 is 2.64 bits per heavy atom. The molecule has 0 atom stereocenters. The van der Waals surface area contributed by atoms with Crippen molar-refractivity contribution in [2.24, 2.45) is 0 Å². The highest BCUT2D eigenvalue weighted by Gasteiger charge is 2.23. The van der Waals surface area contributed by atoms with E-state index in [2.05, 4.69) is 25.7 Å². The largest absolute Gasteiger partial charge is 0.394 e. The summed E-state index contributed by atoms with van der Waals surface area (Å²) in [5, 5.41) is 24.0. The van der Waals surface area contributed by atoms with Crippen molar-refractivity contribution in [2.75, 3.05) is 11.9 Å². The van der Waals surface area contributed by atoms with Gasteiger partial charge in [0, 0.05) is 24.4 Å². The first kappa shape index (κ1) is 16.9. The fourth-order valence-electron chi connectivity index (χ4n) is 2.20. The minimum Gasteiger partial charge on any atom is -0.394 e. The van der Waals surface area contributed by atoms with Crippen LogP contribution in [0.3, 0.4) is 0 Å². The van der Waals surface area contributed by atoms with Crippen LogP contribution in [-0.2, 0) is 12.5 Å². The average molecular weight is 346 g/mol. The van der Waals surface area contributed by atoms with Crippen LogP contribution < -0.4 is 5.32 Å². The van der Waals surface area contributed by atoms with Crippen LogP contribution in [0, 0.1) is 0 Å². The molecule has 1 aromatic carbocycles. The Hall–Kier alpha value is -2.94. The molecule has 0 bridgehead atoms. The third-order valence-corrected chi connectivity index (χ3v) is 3.46. The predicted molar refractivity (Wildman–Crippen MR) is 87.4 cm³/mol. The van der Waals surface area contributed by atoms with E-state index in [9.17, 15) is 8.78 Å². The summed E-state index contributed by atoms with van der Waals surface area (Å²) in [6, 6.07) is 9.34. The zero-order chi connectivity index (χ0) is 17.9. The maximum absolute atomic E-state index is 13.3. The summed E-state index contributed by atoms with van der Waals surface area (Å²) in [7, 11) is 0. The number of benzene rings is 1. The fourth-order valence-corrected chi connectivity index (χ4v) is 2.20. The lowest BCUT2D eigenvalue weighted by atomic mass is 10.1. The number of nitrogens with one attached hydrogen (secondary N) is 1. The number of aliphatic hydroxyl groups is 1. The van der Waals surface area contributed by atoms with Gasteiger partial charge in [0.15, 0.2) is 0 Å². The Balaban J connectivity index is 1.85. The summed E-state index contributed by atoms with van der Waals surface area (Å²) < 4.78 is 26.6. The van der Waals surface area contributed by atoms with Crippen molar-refractivity contribution in [3.05, 3.63) is 48.2 Å². The normalized spacial score (nSPS) is 11.5. The number of nitrogens with zero attached hydrogens (tertiary/aromatic N) is 5. The van der Waals surface area contributed by atoms with E-state index in [1.165, 1.54) is 16.9 Å². The van der Waals surface area contributed by atoms with Gasteiger partial charge in [0.1, 0.15) is 5.82 Å². The van der Waals surface area contributed by atoms with Crippen LogP contribution in [0.1, 0.15) is 12.5 Å². The molecule has 0 aliphatic carbocycles. The third-order valence-electron chi connectivity index (χ3n) is 3.46. The Bertz CT molecular complexity index is 844. The predicted octanol–water partition coefficient (Wildman–Crippen LogP) is 2.58. The van der Waals surface area contributed by atoms with Crippen LogP contribution in [-0.4, -0.2) is 36.9 Å². The van der Waals surface area contributed by atoms with Gasteiger partial charge in [0.2, 0.25) is 5.82 Å². The molecule has 7 nitrogen and oxygen atoms in total. The minimum atomic E-state index is -2.89. The lowest BCUT2D eigenvalue weighted by Crippen LogP contribution is -2.06. The molecular weight excluding hydrogens is 330 g/mol. The number of aromatic nitrogens is 5. The summed E-state index contributed by atoms with van der Waals surface area (Å²) in [4.78, 5) is 5.53. The number of alkyl halides is 2. The highest BCUT2D eigenvalue weighted by molar-refractivity contribution is 5.73. The molecule has 3 aromatic rings. The van der Waals surface area contributed by atoms with E-state index >= 15 is 0 Å². The molecule has 0 fully saturated rings. The Morgan fingerprint density at radius 1 is 1.20 bits per heavy atom. The minimum absolute atomic E-state index is 0.0621. The molecule has 0 saturated heterocycles. The molecule has 9 heteroatoms. The second kappa shape index (κ2) is 6.89. The molecule has 2 N–H and O–H groups in total. The van der Waals surface area contributed by atoms with Crippen LogP contribution >= 0.6 is 0 Å². The molecule has 130 valence electrons. The summed E-state index contributed by atoms with van der Waals surface area (Å²) in [5.74, 6) is -2.06. The van der Waals surface area contributed by atoms with Gasteiger partial charge in [0.05, 0.1) is 18.7 Å². The summed E-state index contributed by atoms with van der Waals surface area (Å²) in [5.41, 5.74) is 1.15. The number of hydrogen-bond acceptors (Lipinski definition) is 6. The molecule has 2 aromatic heterocycles. The monoisotopic (exact) mass is 346 g/mol. The number of pyridine rings is 1. The van der Waals surface area contributed by atoms with Crippen molar-refractivity contribution in [1.82, 2.24) is 25.2 Å². The second-order valence-electron chi connectivity index (χ2n) is 5.42. The van der Waals surface area contributed by atoms with Crippen molar-refractivity contribution in [3.8, 4) is 11.4 Å². The highest BCUT2D eigenvalue weighted by Crippen LogP contribution is 2.29. The molecule has 0 saturated carbocycles. The molecule has 0 aliphatic heterocycles. The van der Waals surface area contributed by atoms with E-state index in [4.69, 9.17) is 5.11 Å².